The second-order valence-electron chi connectivity index (χ2n) is 6.22. The Morgan fingerprint density at radius 3 is 2.61 bits per heavy atom. The molecule has 5 nitrogen and oxygen atoms in total. The van der Waals surface area contributed by atoms with Crippen LogP contribution in [0.3, 0.4) is 0 Å². The quantitative estimate of drug-likeness (QED) is 0.288. The zero-order valence-electron chi connectivity index (χ0n) is 16.1. The molecule has 0 aliphatic carbocycles. The van der Waals surface area contributed by atoms with Gasteiger partial charge in [0.1, 0.15) is 0 Å². The van der Waals surface area contributed by atoms with Gasteiger partial charge in [0, 0.05) is 42.9 Å². The zero-order valence-corrected chi connectivity index (χ0v) is 20.1. The molecule has 28 heavy (non-hydrogen) atoms. The largest absolute Gasteiger partial charge is 0.434 e. The van der Waals surface area contributed by atoms with Gasteiger partial charge in [-0.1, -0.05) is 6.92 Å². The number of thioether (sulfide) groups is 1. The molecule has 0 atom stereocenters. The van der Waals surface area contributed by atoms with Crippen molar-refractivity contribution in [3.8, 4) is 0 Å². The summed E-state index contributed by atoms with van der Waals surface area (Å²) in [6.45, 7) is 7.55. The van der Waals surface area contributed by atoms with Crippen molar-refractivity contribution in [2.75, 3.05) is 38.6 Å². The topological polar surface area (TPSA) is 58.5 Å². The number of ether oxygens (including phenoxy) is 1. The predicted molar refractivity (Wildman–Crippen MR) is 121 cm³/mol. The van der Waals surface area contributed by atoms with Crippen LogP contribution in [0.25, 0.3) is 0 Å². The van der Waals surface area contributed by atoms with Crippen molar-refractivity contribution < 1.29 is 17.9 Å². The van der Waals surface area contributed by atoms with Gasteiger partial charge in [-0.25, -0.2) is 4.98 Å². The van der Waals surface area contributed by atoms with E-state index in [2.05, 4.69) is 22.5 Å². The summed E-state index contributed by atoms with van der Waals surface area (Å²) in [5.74, 6) is 1.72. The van der Waals surface area contributed by atoms with Crippen LogP contribution in [0, 0.1) is 0 Å². The fraction of sp³-hybridized carbons (Fsp3) is 0.765. The average Bonchev–Trinajstić information content (AvgIpc) is 3.10. The molecule has 1 aromatic heterocycles. The lowest BCUT2D eigenvalue weighted by Gasteiger charge is -2.35. The van der Waals surface area contributed by atoms with Gasteiger partial charge < -0.3 is 15.4 Å². The summed E-state index contributed by atoms with van der Waals surface area (Å²) in [4.78, 5) is 8.38. The van der Waals surface area contributed by atoms with Gasteiger partial charge in [-0.15, -0.1) is 35.3 Å². The van der Waals surface area contributed by atoms with E-state index in [1.165, 1.54) is 0 Å². The lowest BCUT2D eigenvalue weighted by molar-refractivity contribution is -0.140. The van der Waals surface area contributed by atoms with Gasteiger partial charge in [-0.05, 0) is 25.5 Å². The summed E-state index contributed by atoms with van der Waals surface area (Å²) in [6, 6.07) is 0. The number of hydrogen-bond donors (Lipinski definition) is 2. The minimum atomic E-state index is -4.38. The third-order valence-electron chi connectivity index (χ3n) is 4.20. The van der Waals surface area contributed by atoms with Crippen LogP contribution in [0.5, 0.6) is 0 Å². The first-order chi connectivity index (χ1) is 12.9. The molecule has 11 heteroatoms. The highest BCUT2D eigenvalue weighted by Gasteiger charge is 2.34. The molecule has 1 saturated heterocycles. The third kappa shape index (κ3) is 8.23. The number of guanidine groups is 1. The van der Waals surface area contributed by atoms with Gasteiger partial charge >= 0.3 is 6.18 Å². The molecule has 0 unspecified atom stereocenters. The van der Waals surface area contributed by atoms with Crippen molar-refractivity contribution in [1.29, 1.82) is 0 Å². The van der Waals surface area contributed by atoms with Gasteiger partial charge in [0.15, 0.2) is 11.7 Å². The molecular formula is C17H28F3IN4OS2. The Hall–Kier alpha value is -0.270. The van der Waals surface area contributed by atoms with E-state index in [9.17, 15) is 13.2 Å². The average molecular weight is 552 g/mol. The first kappa shape index (κ1) is 25.8. The van der Waals surface area contributed by atoms with E-state index >= 15 is 0 Å². The van der Waals surface area contributed by atoms with Crippen LogP contribution >= 0.6 is 47.1 Å². The van der Waals surface area contributed by atoms with Crippen LogP contribution in [-0.4, -0.2) is 54.3 Å². The van der Waals surface area contributed by atoms with Crippen LogP contribution in [0.4, 0.5) is 13.2 Å². The number of rotatable bonds is 8. The van der Waals surface area contributed by atoms with Gasteiger partial charge in [0.05, 0.1) is 11.6 Å². The highest BCUT2D eigenvalue weighted by Crippen LogP contribution is 2.35. The van der Waals surface area contributed by atoms with E-state index in [1.54, 1.807) is 0 Å². The lowest BCUT2D eigenvalue weighted by Crippen LogP contribution is -2.41. The molecule has 2 rings (SSSR count). The molecule has 1 aromatic rings. The monoisotopic (exact) mass is 552 g/mol. The fourth-order valence-corrected chi connectivity index (χ4v) is 4.83. The predicted octanol–water partition coefficient (Wildman–Crippen LogP) is 4.18. The van der Waals surface area contributed by atoms with Crippen molar-refractivity contribution in [3.63, 3.8) is 0 Å². The second kappa shape index (κ2) is 12.4. The van der Waals surface area contributed by atoms with Gasteiger partial charge in [0.2, 0.25) is 0 Å². The Bertz CT molecular complexity index is 602. The van der Waals surface area contributed by atoms with Crippen molar-refractivity contribution in [1.82, 2.24) is 15.6 Å². The van der Waals surface area contributed by atoms with Crippen molar-refractivity contribution in [2.24, 2.45) is 4.99 Å². The number of nitrogens with one attached hydrogen (secondary N) is 2. The summed E-state index contributed by atoms with van der Waals surface area (Å²) in [7, 11) is 0. The zero-order chi connectivity index (χ0) is 19.8. The molecule has 0 bridgehead atoms. The highest BCUT2D eigenvalue weighted by molar-refractivity contribution is 14.0. The molecule has 162 valence electrons. The first-order valence-corrected chi connectivity index (χ1v) is 11.0. The molecule has 0 aromatic carbocycles. The first-order valence-electron chi connectivity index (χ1n) is 9.14. The highest BCUT2D eigenvalue weighted by atomic mass is 127. The molecule has 2 heterocycles. The molecule has 2 N–H and O–H groups in total. The summed E-state index contributed by atoms with van der Waals surface area (Å²) in [5, 5.41) is 7.93. The van der Waals surface area contributed by atoms with Crippen LogP contribution in [-0.2, 0) is 17.3 Å². The maximum absolute atomic E-state index is 12.6. The maximum Gasteiger partial charge on any atom is 0.434 e. The fourth-order valence-electron chi connectivity index (χ4n) is 2.81. The van der Waals surface area contributed by atoms with Gasteiger partial charge in [-0.3, -0.25) is 4.99 Å². The number of nitrogens with zero attached hydrogens (tertiary/aromatic N) is 2. The molecule has 1 aliphatic rings. The Morgan fingerprint density at radius 2 is 2.04 bits per heavy atom. The summed E-state index contributed by atoms with van der Waals surface area (Å²) >= 11 is 2.96. The van der Waals surface area contributed by atoms with E-state index in [4.69, 9.17) is 9.73 Å². The summed E-state index contributed by atoms with van der Waals surface area (Å²) < 4.78 is 43.4. The molecule has 0 radical (unpaired) electrons. The number of aliphatic imine (C=N–C) groups is 1. The standard InChI is InChI=1S/C17H27F3N4OS2.HI/c1-3-21-15(23-12-16(27-4-2)6-9-25-10-7-16)22-8-5-14-24-13(11-26-14)17(18,19)20;/h11H,3-10,12H2,1-2H3,(H2,21,22,23);1H. The van der Waals surface area contributed by atoms with Gasteiger partial charge in [-0.2, -0.15) is 24.9 Å². The number of aromatic nitrogens is 1. The normalized spacial score (nSPS) is 17.1. The minimum absolute atomic E-state index is 0. The minimum Gasteiger partial charge on any atom is -0.381 e. The SMILES string of the molecule is CCNC(=NCC1(SCC)CCOCC1)NCCc1nc(C(F)(F)F)cs1.I. The number of alkyl halides is 3. The van der Waals surface area contributed by atoms with E-state index in [0.29, 0.717) is 30.5 Å². The Balaban J connectivity index is 0.00000392. The Morgan fingerprint density at radius 1 is 1.32 bits per heavy atom. The van der Waals surface area contributed by atoms with Crippen molar-refractivity contribution in [2.45, 2.75) is 44.0 Å². The molecule has 1 fully saturated rings. The van der Waals surface area contributed by atoms with E-state index < -0.39 is 11.9 Å². The maximum atomic E-state index is 12.6. The molecule has 0 saturated carbocycles. The summed E-state index contributed by atoms with van der Waals surface area (Å²) in [6.07, 6.45) is -2.00. The molecule has 0 spiro atoms. The summed E-state index contributed by atoms with van der Waals surface area (Å²) in [5.41, 5.74) is -0.818. The smallest absolute Gasteiger partial charge is 0.381 e. The molecule has 1 aliphatic heterocycles. The van der Waals surface area contributed by atoms with Crippen LogP contribution < -0.4 is 10.6 Å². The Kier molecular flexibility index (Phi) is 11.4. The molecular weight excluding hydrogens is 524 g/mol. The number of thiazole rings is 1. The van der Waals surface area contributed by atoms with Crippen LogP contribution in [0.1, 0.15) is 37.4 Å². The second-order valence-corrected chi connectivity index (χ2v) is 8.90. The van der Waals surface area contributed by atoms with E-state index in [0.717, 1.165) is 55.1 Å². The molecule has 0 amide bonds. The van der Waals surface area contributed by atoms with Crippen molar-refractivity contribution >= 4 is 53.0 Å². The van der Waals surface area contributed by atoms with Crippen LogP contribution in [0.15, 0.2) is 10.4 Å². The number of halogens is 4. The lowest BCUT2D eigenvalue weighted by atomic mass is 9.99. The van der Waals surface area contributed by atoms with E-state index in [-0.39, 0.29) is 28.7 Å². The van der Waals surface area contributed by atoms with Crippen LogP contribution in [0.2, 0.25) is 0 Å². The Labute approximate surface area is 189 Å². The number of hydrogen-bond acceptors (Lipinski definition) is 5. The third-order valence-corrected chi connectivity index (χ3v) is 6.54. The van der Waals surface area contributed by atoms with Gasteiger partial charge in [0.25, 0.3) is 0 Å². The van der Waals surface area contributed by atoms with Crippen molar-refractivity contribution in [3.05, 3.63) is 16.1 Å². The van der Waals surface area contributed by atoms with E-state index in [1.807, 2.05) is 18.7 Å².